The number of halogens is 2. The van der Waals surface area contributed by atoms with Crippen LogP contribution in [0.4, 0.5) is 11.4 Å². The molecule has 21 heteroatoms. The Balaban J connectivity index is 1.20. The summed E-state index contributed by atoms with van der Waals surface area (Å²) in [6.45, 7) is -1.82. The molecular formula is C27H28Cl2N4O13S2. The Morgan fingerprint density at radius 1 is 0.688 bits per heavy atom. The minimum atomic E-state index is -4.20. The van der Waals surface area contributed by atoms with Gasteiger partial charge in [0.05, 0.1) is 31.7 Å². The van der Waals surface area contributed by atoms with Crippen molar-refractivity contribution in [2.24, 2.45) is 11.8 Å². The van der Waals surface area contributed by atoms with E-state index in [1.54, 1.807) is 0 Å². The van der Waals surface area contributed by atoms with Gasteiger partial charge >= 0.3 is 11.9 Å². The fourth-order valence-corrected chi connectivity index (χ4v) is 9.06. The van der Waals surface area contributed by atoms with Crippen molar-refractivity contribution < 1.29 is 50.5 Å². The largest absolute Gasteiger partial charge is 0.457 e. The van der Waals surface area contributed by atoms with Crippen molar-refractivity contribution in [3.63, 3.8) is 0 Å². The summed E-state index contributed by atoms with van der Waals surface area (Å²) in [6, 6.07) is 6.11. The molecule has 48 heavy (non-hydrogen) atoms. The second-order valence-corrected chi connectivity index (χ2v) is 15.5. The second kappa shape index (κ2) is 15.2. The number of hydrogen-bond acceptors (Lipinski definition) is 13. The molecule has 0 N–H and O–H groups in total. The molecule has 0 radical (unpaired) electrons. The van der Waals surface area contributed by atoms with E-state index in [4.69, 9.17) is 32.7 Å². The highest BCUT2D eigenvalue weighted by Gasteiger charge is 2.36. The topological polar surface area (TPSA) is 231 Å². The van der Waals surface area contributed by atoms with E-state index in [1.807, 2.05) is 0 Å². The number of Topliss-reactive ketones (excluding diaryl/α,β-unsaturated/α-hetero) is 1. The first kappa shape index (κ1) is 37.1. The molecule has 2 aliphatic heterocycles. The number of nitro benzene ring substituents is 2. The van der Waals surface area contributed by atoms with Crippen molar-refractivity contribution in [3.8, 4) is 0 Å². The van der Waals surface area contributed by atoms with Crippen LogP contribution in [-0.4, -0.2) is 92.4 Å². The number of hydrogen-bond donors (Lipinski definition) is 0. The van der Waals surface area contributed by atoms with Gasteiger partial charge in [-0.15, -0.1) is 0 Å². The number of ketones is 1. The zero-order valence-corrected chi connectivity index (χ0v) is 28.0. The maximum absolute atomic E-state index is 13.0. The van der Waals surface area contributed by atoms with E-state index in [-0.39, 0.29) is 61.9 Å². The maximum Gasteiger partial charge on any atom is 0.309 e. The van der Waals surface area contributed by atoms with Gasteiger partial charge in [0.25, 0.3) is 11.4 Å². The van der Waals surface area contributed by atoms with Crippen molar-refractivity contribution in [1.82, 2.24) is 8.61 Å². The Morgan fingerprint density at radius 3 is 1.33 bits per heavy atom. The first-order valence-corrected chi connectivity index (χ1v) is 17.9. The Kier molecular flexibility index (Phi) is 11.7. The van der Waals surface area contributed by atoms with Crippen LogP contribution < -0.4 is 0 Å². The second-order valence-electron chi connectivity index (χ2n) is 10.9. The number of benzene rings is 2. The third-order valence-electron chi connectivity index (χ3n) is 7.81. The molecule has 260 valence electrons. The van der Waals surface area contributed by atoms with Gasteiger partial charge in [0.15, 0.2) is 13.2 Å². The summed E-state index contributed by atoms with van der Waals surface area (Å²) in [5.74, 6) is -3.69. The number of sulfonamides is 2. The van der Waals surface area contributed by atoms with Crippen molar-refractivity contribution in [2.75, 3.05) is 39.4 Å². The van der Waals surface area contributed by atoms with Gasteiger partial charge in [-0.25, -0.2) is 16.8 Å². The number of nitrogens with zero attached hydrogens (tertiary/aromatic N) is 4. The van der Waals surface area contributed by atoms with E-state index in [0.717, 1.165) is 45.0 Å². The number of piperidine rings is 2. The maximum atomic E-state index is 13.0. The van der Waals surface area contributed by atoms with Gasteiger partial charge in [-0.1, -0.05) is 23.2 Å². The average Bonchev–Trinajstić information content (AvgIpc) is 3.06. The van der Waals surface area contributed by atoms with E-state index in [1.165, 1.54) is 0 Å². The van der Waals surface area contributed by atoms with Gasteiger partial charge < -0.3 is 9.47 Å². The number of esters is 2. The highest BCUT2D eigenvalue weighted by molar-refractivity contribution is 7.89. The van der Waals surface area contributed by atoms with Crippen LogP contribution in [-0.2, 0) is 43.9 Å². The summed E-state index contributed by atoms with van der Waals surface area (Å²) in [5.41, 5.74) is -0.900. The molecule has 0 unspecified atom stereocenters. The SMILES string of the molecule is O=C(COC(=O)C1CCN(S(=O)(=O)c2cc([N+](=O)[O-])ccc2Cl)CC1)COC(=O)C1CCN(S(=O)(=O)c2cc([N+](=O)[O-])ccc2Cl)CC1. The first-order valence-electron chi connectivity index (χ1n) is 14.3. The molecule has 4 rings (SSSR count). The molecule has 0 amide bonds. The predicted molar refractivity (Wildman–Crippen MR) is 166 cm³/mol. The average molecular weight is 752 g/mol. The molecule has 0 spiro atoms. The number of non-ortho nitro benzene ring substituents is 2. The first-order chi connectivity index (χ1) is 22.5. The zero-order valence-electron chi connectivity index (χ0n) is 24.9. The third kappa shape index (κ3) is 8.45. The van der Waals surface area contributed by atoms with Crippen molar-refractivity contribution in [2.45, 2.75) is 35.5 Å². The number of rotatable bonds is 12. The molecular weight excluding hydrogens is 723 g/mol. The Hall–Kier alpha value is -3.75. The fourth-order valence-electron chi connectivity index (χ4n) is 5.13. The molecule has 0 aliphatic carbocycles. The van der Waals surface area contributed by atoms with Gasteiger partial charge in [0.1, 0.15) is 9.79 Å². The van der Waals surface area contributed by atoms with Crippen LogP contribution >= 0.6 is 23.2 Å². The minimum absolute atomic E-state index is 0.0512. The van der Waals surface area contributed by atoms with Gasteiger partial charge in [0, 0.05) is 50.4 Å². The lowest BCUT2D eigenvalue weighted by molar-refractivity contribution is -0.385. The van der Waals surface area contributed by atoms with Gasteiger partial charge in [-0.2, -0.15) is 8.61 Å². The molecule has 2 fully saturated rings. The minimum Gasteiger partial charge on any atom is -0.457 e. The van der Waals surface area contributed by atoms with Crippen LogP contribution in [0.3, 0.4) is 0 Å². The van der Waals surface area contributed by atoms with E-state index in [9.17, 15) is 51.4 Å². The predicted octanol–water partition coefficient (Wildman–Crippen LogP) is 2.97. The number of carbonyl (C=O) groups excluding carboxylic acids is 3. The summed E-state index contributed by atoms with van der Waals surface area (Å²) in [5, 5.41) is 21.8. The molecule has 0 aromatic heterocycles. The summed E-state index contributed by atoms with van der Waals surface area (Å²) in [6.07, 6.45) is 0.205. The van der Waals surface area contributed by atoms with Crippen LogP contribution in [0.2, 0.25) is 10.0 Å². The van der Waals surface area contributed by atoms with E-state index >= 15 is 0 Å². The van der Waals surface area contributed by atoms with Gasteiger partial charge in [0.2, 0.25) is 25.8 Å². The lowest BCUT2D eigenvalue weighted by Gasteiger charge is -2.30. The monoisotopic (exact) mass is 750 g/mol. The van der Waals surface area contributed by atoms with Crippen LogP contribution in [0.1, 0.15) is 25.7 Å². The molecule has 2 heterocycles. The van der Waals surface area contributed by atoms with Gasteiger partial charge in [-0.05, 0) is 37.8 Å². The molecule has 2 aromatic rings. The fraction of sp³-hybridized carbons (Fsp3) is 0.444. The van der Waals surface area contributed by atoms with E-state index in [0.29, 0.717) is 0 Å². The molecule has 2 saturated heterocycles. The Bertz CT molecular complexity index is 1710. The summed E-state index contributed by atoms with van der Waals surface area (Å²) >= 11 is 12.0. The van der Waals surface area contributed by atoms with Crippen molar-refractivity contribution >= 4 is 72.3 Å². The Morgan fingerprint density at radius 2 is 1.02 bits per heavy atom. The molecule has 0 atom stereocenters. The van der Waals surface area contributed by atoms with Crippen LogP contribution in [0.15, 0.2) is 46.2 Å². The highest BCUT2D eigenvalue weighted by Crippen LogP contribution is 2.33. The molecule has 17 nitrogen and oxygen atoms in total. The smallest absolute Gasteiger partial charge is 0.309 e. The van der Waals surface area contributed by atoms with Crippen molar-refractivity contribution in [3.05, 3.63) is 66.7 Å². The number of carbonyl (C=O) groups is 3. The molecule has 2 aromatic carbocycles. The summed E-state index contributed by atoms with van der Waals surface area (Å²) in [4.78, 5) is 57.1. The molecule has 0 saturated carbocycles. The standard InChI is InChI=1S/C27H28Cl2N4O13S2/c28-22-3-1-19(32(37)38)13-24(22)47(41,42)30-9-5-17(6-10-30)26(35)45-15-21(34)16-46-27(36)18-7-11-31(12-8-18)48(43,44)25-14-20(33(39)40)2-4-23(25)29/h1-4,13-14,17-18H,5-12,15-16H2. The summed E-state index contributed by atoms with van der Waals surface area (Å²) < 4.78 is 64.4. The van der Waals surface area contributed by atoms with Crippen LogP contribution in [0.5, 0.6) is 0 Å². The normalized spacial score (nSPS) is 17.0. The van der Waals surface area contributed by atoms with Crippen LogP contribution in [0.25, 0.3) is 0 Å². The zero-order chi connectivity index (χ0) is 35.4. The number of ether oxygens (including phenoxy) is 2. The van der Waals surface area contributed by atoms with E-state index < -0.39 is 93.8 Å². The lowest BCUT2D eigenvalue weighted by atomic mass is 9.98. The third-order valence-corrected chi connectivity index (χ3v) is 12.6. The lowest BCUT2D eigenvalue weighted by Crippen LogP contribution is -2.41. The van der Waals surface area contributed by atoms with Crippen LogP contribution in [0, 0.1) is 32.1 Å². The quantitative estimate of drug-likeness (QED) is 0.173. The van der Waals surface area contributed by atoms with Crippen molar-refractivity contribution in [1.29, 1.82) is 0 Å². The van der Waals surface area contributed by atoms with E-state index in [2.05, 4.69) is 0 Å². The highest BCUT2D eigenvalue weighted by atomic mass is 35.5. The number of nitro groups is 2. The summed E-state index contributed by atoms with van der Waals surface area (Å²) in [7, 11) is -8.39. The van der Waals surface area contributed by atoms with Gasteiger partial charge in [-0.3, -0.25) is 34.6 Å². The Labute approximate surface area is 284 Å². The molecule has 2 aliphatic rings. The molecule has 0 bridgehead atoms.